The molecule has 2 N–H and O–H groups in total. The van der Waals surface area contributed by atoms with Crippen LogP contribution in [0.1, 0.15) is 19.3 Å². The monoisotopic (exact) mass is 318 g/mol. The van der Waals surface area contributed by atoms with Gasteiger partial charge >= 0.3 is 0 Å². The molecule has 1 aromatic rings. The summed E-state index contributed by atoms with van der Waals surface area (Å²) < 4.78 is 1.11. The van der Waals surface area contributed by atoms with E-state index >= 15 is 0 Å². The van der Waals surface area contributed by atoms with Crippen molar-refractivity contribution < 1.29 is 0 Å². The first kappa shape index (κ1) is 11.1. The Morgan fingerprint density at radius 3 is 3.13 bits per heavy atom. The lowest BCUT2D eigenvalue weighted by Gasteiger charge is -2.36. The number of anilines is 1. The molecule has 0 aromatic carbocycles. The summed E-state index contributed by atoms with van der Waals surface area (Å²) in [6.45, 7) is 1.77. The molecular formula is C10H15IN4. The van der Waals surface area contributed by atoms with Crippen LogP contribution in [0, 0.1) is 3.57 Å². The van der Waals surface area contributed by atoms with Gasteiger partial charge in [0.15, 0.2) is 0 Å². The first-order valence-corrected chi connectivity index (χ1v) is 6.33. The highest BCUT2D eigenvalue weighted by Crippen LogP contribution is 2.25. The minimum absolute atomic E-state index is 0.446. The maximum absolute atomic E-state index is 5.79. The van der Waals surface area contributed by atoms with E-state index in [0.717, 1.165) is 15.9 Å². The fourth-order valence-electron chi connectivity index (χ4n) is 2.04. The Kier molecular flexibility index (Phi) is 3.74. The van der Waals surface area contributed by atoms with Crippen LogP contribution in [0.25, 0.3) is 0 Å². The maximum atomic E-state index is 5.79. The quantitative estimate of drug-likeness (QED) is 0.838. The van der Waals surface area contributed by atoms with E-state index in [9.17, 15) is 0 Å². The first-order chi connectivity index (χ1) is 7.33. The van der Waals surface area contributed by atoms with Crippen LogP contribution >= 0.6 is 22.6 Å². The normalized spacial score (nSPS) is 21.7. The van der Waals surface area contributed by atoms with Crippen molar-refractivity contribution in [3.05, 3.63) is 16.1 Å². The van der Waals surface area contributed by atoms with Gasteiger partial charge in [-0.3, -0.25) is 0 Å². The minimum Gasteiger partial charge on any atom is -0.351 e. The molecule has 1 aromatic heterocycles. The largest absolute Gasteiger partial charge is 0.351 e. The molecule has 5 heteroatoms. The van der Waals surface area contributed by atoms with E-state index in [1.807, 2.05) is 6.20 Å². The summed E-state index contributed by atoms with van der Waals surface area (Å²) in [4.78, 5) is 10.7. The van der Waals surface area contributed by atoms with Crippen LogP contribution < -0.4 is 10.6 Å². The van der Waals surface area contributed by atoms with Crippen molar-refractivity contribution in [2.75, 3.05) is 18.0 Å². The van der Waals surface area contributed by atoms with E-state index < -0.39 is 0 Å². The summed E-state index contributed by atoms with van der Waals surface area (Å²) in [5, 5.41) is 0. The van der Waals surface area contributed by atoms with E-state index in [0.29, 0.717) is 12.6 Å². The highest BCUT2D eigenvalue weighted by atomic mass is 127. The second-order valence-electron chi connectivity index (χ2n) is 3.77. The zero-order valence-electron chi connectivity index (χ0n) is 8.56. The molecule has 0 bridgehead atoms. The van der Waals surface area contributed by atoms with Crippen LogP contribution in [-0.2, 0) is 0 Å². The van der Waals surface area contributed by atoms with Crippen LogP contribution in [0.5, 0.6) is 0 Å². The summed E-state index contributed by atoms with van der Waals surface area (Å²) >= 11 is 2.28. The second kappa shape index (κ2) is 5.07. The first-order valence-electron chi connectivity index (χ1n) is 5.25. The molecule has 4 nitrogen and oxygen atoms in total. The van der Waals surface area contributed by atoms with Gasteiger partial charge in [0.25, 0.3) is 0 Å². The molecule has 0 saturated carbocycles. The van der Waals surface area contributed by atoms with Crippen LogP contribution in [0.4, 0.5) is 5.82 Å². The highest BCUT2D eigenvalue weighted by molar-refractivity contribution is 14.1. The number of piperidine rings is 1. The molecule has 1 saturated heterocycles. The molecule has 1 atom stereocenters. The minimum atomic E-state index is 0.446. The Morgan fingerprint density at radius 1 is 1.53 bits per heavy atom. The van der Waals surface area contributed by atoms with Gasteiger partial charge in [0, 0.05) is 25.3 Å². The third-order valence-corrected chi connectivity index (χ3v) is 3.58. The van der Waals surface area contributed by atoms with Crippen molar-refractivity contribution in [2.24, 2.45) is 5.73 Å². The van der Waals surface area contributed by atoms with Gasteiger partial charge in [0.1, 0.15) is 12.1 Å². The third-order valence-electron chi connectivity index (χ3n) is 2.82. The molecule has 15 heavy (non-hydrogen) atoms. The van der Waals surface area contributed by atoms with Gasteiger partial charge in [-0.2, -0.15) is 0 Å². The predicted molar refractivity (Wildman–Crippen MR) is 68.8 cm³/mol. The van der Waals surface area contributed by atoms with Gasteiger partial charge in [0.05, 0.1) is 3.57 Å². The van der Waals surface area contributed by atoms with Gasteiger partial charge in [-0.15, -0.1) is 0 Å². The molecule has 0 spiro atoms. The Morgan fingerprint density at radius 2 is 2.40 bits per heavy atom. The Labute approximate surface area is 103 Å². The lowest BCUT2D eigenvalue weighted by Crippen LogP contribution is -2.45. The number of hydrogen-bond acceptors (Lipinski definition) is 4. The van der Waals surface area contributed by atoms with E-state index in [1.54, 1.807) is 6.33 Å². The Balaban J connectivity index is 2.24. The summed E-state index contributed by atoms with van der Waals surface area (Å²) in [5.74, 6) is 1.04. The van der Waals surface area contributed by atoms with Crippen molar-refractivity contribution >= 4 is 28.4 Å². The molecule has 2 rings (SSSR count). The molecule has 1 aliphatic heterocycles. The van der Waals surface area contributed by atoms with E-state index in [-0.39, 0.29) is 0 Å². The molecule has 1 fully saturated rings. The van der Waals surface area contributed by atoms with E-state index in [4.69, 9.17) is 5.73 Å². The van der Waals surface area contributed by atoms with Gasteiger partial charge in [0.2, 0.25) is 0 Å². The van der Waals surface area contributed by atoms with Crippen molar-refractivity contribution in [3.8, 4) is 0 Å². The van der Waals surface area contributed by atoms with Gasteiger partial charge in [-0.1, -0.05) is 0 Å². The summed E-state index contributed by atoms with van der Waals surface area (Å²) in [5.41, 5.74) is 5.79. The number of rotatable bonds is 2. The molecule has 0 amide bonds. The van der Waals surface area contributed by atoms with Crippen LogP contribution in [0.2, 0.25) is 0 Å². The second-order valence-corrected chi connectivity index (χ2v) is 4.94. The number of halogens is 1. The molecule has 82 valence electrons. The lowest BCUT2D eigenvalue weighted by molar-refractivity contribution is 0.461. The highest BCUT2D eigenvalue weighted by Gasteiger charge is 2.23. The van der Waals surface area contributed by atoms with Crippen molar-refractivity contribution in [1.29, 1.82) is 0 Å². The average Bonchev–Trinajstić information content (AvgIpc) is 2.30. The molecular weight excluding hydrogens is 303 g/mol. The van der Waals surface area contributed by atoms with E-state index in [2.05, 4.69) is 37.5 Å². The fraction of sp³-hybridized carbons (Fsp3) is 0.600. The molecule has 1 unspecified atom stereocenters. The Bertz CT molecular complexity index is 331. The van der Waals surface area contributed by atoms with Crippen molar-refractivity contribution in [2.45, 2.75) is 25.3 Å². The average molecular weight is 318 g/mol. The number of hydrogen-bond donors (Lipinski definition) is 1. The van der Waals surface area contributed by atoms with Crippen LogP contribution in [0.15, 0.2) is 12.5 Å². The summed E-state index contributed by atoms with van der Waals surface area (Å²) in [6.07, 6.45) is 7.15. The molecule has 0 aliphatic carbocycles. The predicted octanol–water partition coefficient (Wildman–Crippen LogP) is 1.40. The number of aromatic nitrogens is 2. The summed E-state index contributed by atoms with van der Waals surface area (Å²) in [7, 11) is 0. The fourth-order valence-corrected chi connectivity index (χ4v) is 2.65. The SMILES string of the molecule is NCC1CCCCN1c1ncncc1I. The Hall–Kier alpha value is -0.430. The van der Waals surface area contributed by atoms with Crippen LogP contribution in [0.3, 0.4) is 0 Å². The van der Waals surface area contributed by atoms with Crippen LogP contribution in [-0.4, -0.2) is 29.1 Å². The van der Waals surface area contributed by atoms with Crippen molar-refractivity contribution in [1.82, 2.24) is 9.97 Å². The zero-order chi connectivity index (χ0) is 10.7. The zero-order valence-corrected chi connectivity index (χ0v) is 10.7. The van der Waals surface area contributed by atoms with Crippen molar-refractivity contribution in [3.63, 3.8) is 0 Å². The third kappa shape index (κ3) is 2.39. The smallest absolute Gasteiger partial charge is 0.145 e. The topological polar surface area (TPSA) is 55.0 Å². The molecule has 1 aliphatic rings. The standard InChI is InChI=1S/C10H15IN4/c11-9-6-13-7-14-10(9)15-4-2-1-3-8(15)5-12/h6-8H,1-5,12H2. The van der Waals surface area contributed by atoms with Gasteiger partial charge in [-0.05, 0) is 41.9 Å². The number of nitrogens with two attached hydrogens (primary N) is 1. The summed E-state index contributed by atoms with van der Waals surface area (Å²) in [6, 6.07) is 0.446. The van der Waals surface area contributed by atoms with Gasteiger partial charge < -0.3 is 10.6 Å². The molecule has 0 radical (unpaired) electrons. The molecule has 2 heterocycles. The van der Waals surface area contributed by atoms with E-state index in [1.165, 1.54) is 19.3 Å². The lowest BCUT2D eigenvalue weighted by atomic mass is 10.0. The van der Waals surface area contributed by atoms with Gasteiger partial charge in [-0.25, -0.2) is 9.97 Å². The maximum Gasteiger partial charge on any atom is 0.145 e. The number of nitrogens with zero attached hydrogens (tertiary/aromatic N) is 3.